The van der Waals surface area contributed by atoms with Crippen molar-refractivity contribution in [2.75, 3.05) is 26.2 Å². The van der Waals surface area contributed by atoms with Crippen molar-refractivity contribution in [1.29, 1.82) is 0 Å². The van der Waals surface area contributed by atoms with Crippen LogP contribution in [0.15, 0.2) is 84.6 Å². The zero-order valence-electron chi connectivity index (χ0n) is 26.0. The fourth-order valence-corrected chi connectivity index (χ4v) is 5.64. The molecule has 4 aromatic rings. The maximum atomic E-state index is 13.4. The zero-order valence-corrected chi connectivity index (χ0v) is 29.2. The van der Waals surface area contributed by atoms with Crippen LogP contribution < -0.4 is 9.47 Å². The molecule has 236 valence electrons. The van der Waals surface area contributed by atoms with Crippen molar-refractivity contribution < 1.29 is 14.3 Å². The fourth-order valence-electron chi connectivity index (χ4n) is 5.15. The number of allylic oxidation sites excluding steroid dienone is 1. The summed E-state index contributed by atoms with van der Waals surface area (Å²) < 4.78 is 11.9. The quantitative estimate of drug-likeness (QED) is 0.162. The topological polar surface area (TPSA) is 54.9 Å². The summed E-state index contributed by atoms with van der Waals surface area (Å²) in [6.45, 7) is 12.3. The van der Waals surface area contributed by atoms with Gasteiger partial charge in [-0.15, -0.1) is 17.0 Å². The summed E-state index contributed by atoms with van der Waals surface area (Å²) in [4.78, 5) is 22.2. The van der Waals surface area contributed by atoms with Gasteiger partial charge in [0.2, 0.25) is 11.8 Å². The molecule has 45 heavy (non-hydrogen) atoms. The minimum Gasteiger partial charge on any atom is -0.487 e. The van der Waals surface area contributed by atoms with Gasteiger partial charge in [-0.05, 0) is 74.2 Å². The highest BCUT2D eigenvalue weighted by Gasteiger charge is 2.23. The highest BCUT2D eigenvalue weighted by atomic mass is 79.9. The molecule has 1 amide bonds. The van der Waals surface area contributed by atoms with Crippen molar-refractivity contribution in [2.45, 2.75) is 40.8 Å². The number of aryl methyl sites for hydroxylation is 2. The molecule has 0 bridgehead atoms. The van der Waals surface area contributed by atoms with Gasteiger partial charge < -0.3 is 14.4 Å². The molecule has 1 aromatic heterocycles. The lowest BCUT2D eigenvalue weighted by Gasteiger charge is -2.35. The third-order valence-corrected chi connectivity index (χ3v) is 8.65. The second-order valence-electron chi connectivity index (χ2n) is 11.2. The van der Waals surface area contributed by atoms with E-state index in [9.17, 15) is 4.79 Å². The van der Waals surface area contributed by atoms with Gasteiger partial charge in [0.15, 0.2) is 5.75 Å². The van der Waals surface area contributed by atoms with Crippen molar-refractivity contribution >= 4 is 51.7 Å². The SMILES string of the molecule is Br.C/C(C(=O)N1CCN(Cc2ccc(C)cc2)CC1)=C(/C)c1cc(C)c(Oc2ccc(OCc3ccccc3Cl)cn2)c(Cl)c1. The highest BCUT2D eigenvalue weighted by molar-refractivity contribution is 8.93. The Balaban J connectivity index is 0.00000461. The van der Waals surface area contributed by atoms with E-state index >= 15 is 0 Å². The average Bonchev–Trinajstić information content (AvgIpc) is 3.03. The van der Waals surface area contributed by atoms with E-state index in [0.29, 0.717) is 47.1 Å². The molecular weight excluding hydrogens is 673 g/mol. The van der Waals surface area contributed by atoms with Crippen LogP contribution in [0, 0.1) is 13.8 Å². The number of aromatic nitrogens is 1. The van der Waals surface area contributed by atoms with Crippen LogP contribution in [0.4, 0.5) is 0 Å². The molecular formula is C36H38BrCl2N3O3. The van der Waals surface area contributed by atoms with Crippen LogP contribution >= 0.6 is 40.2 Å². The molecule has 2 heterocycles. The molecule has 0 saturated carbocycles. The summed E-state index contributed by atoms with van der Waals surface area (Å²) in [6, 6.07) is 23.6. The summed E-state index contributed by atoms with van der Waals surface area (Å²) in [6.07, 6.45) is 1.61. The number of carbonyl (C=O) groups excluding carboxylic acids is 1. The summed E-state index contributed by atoms with van der Waals surface area (Å²) in [7, 11) is 0. The average molecular weight is 712 g/mol. The lowest BCUT2D eigenvalue weighted by molar-refractivity contribution is -0.128. The molecule has 0 radical (unpaired) electrons. The van der Waals surface area contributed by atoms with Crippen LogP contribution in [-0.2, 0) is 17.9 Å². The van der Waals surface area contributed by atoms with Crippen molar-refractivity contribution in [3.8, 4) is 17.4 Å². The minimum atomic E-state index is 0. The highest BCUT2D eigenvalue weighted by Crippen LogP contribution is 2.36. The monoisotopic (exact) mass is 709 g/mol. The Morgan fingerprint density at radius 1 is 0.889 bits per heavy atom. The summed E-state index contributed by atoms with van der Waals surface area (Å²) in [5.74, 6) is 1.58. The third kappa shape index (κ3) is 8.88. The first-order valence-corrected chi connectivity index (χ1v) is 15.5. The van der Waals surface area contributed by atoms with E-state index in [-0.39, 0.29) is 22.9 Å². The first-order chi connectivity index (χ1) is 21.2. The molecule has 1 saturated heterocycles. The number of hydrogen-bond donors (Lipinski definition) is 0. The first-order valence-electron chi connectivity index (χ1n) is 14.7. The Bertz CT molecular complexity index is 1630. The molecule has 0 unspecified atom stereocenters. The van der Waals surface area contributed by atoms with E-state index in [1.54, 1.807) is 18.3 Å². The number of rotatable bonds is 9. The number of hydrogen-bond acceptors (Lipinski definition) is 5. The van der Waals surface area contributed by atoms with Crippen LogP contribution in [-0.4, -0.2) is 46.9 Å². The maximum absolute atomic E-state index is 13.4. The van der Waals surface area contributed by atoms with Crippen LogP contribution in [0.5, 0.6) is 17.4 Å². The number of halogens is 3. The van der Waals surface area contributed by atoms with Crippen molar-refractivity contribution in [1.82, 2.24) is 14.8 Å². The van der Waals surface area contributed by atoms with Gasteiger partial charge in [0.05, 0.1) is 11.2 Å². The number of pyridine rings is 1. The predicted octanol–water partition coefficient (Wildman–Crippen LogP) is 9.09. The van der Waals surface area contributed by atoms with Gasteiger partial charge in [0, 0.05) is 54.9 Å². The number of ether oxygens (including phenoxy) is 2. The van der Waals surface area contributed by atoms with E-state index in [4.69, 9.17) is 32.7 Å². The first kappa shape index (κ1) is 34.5. The normalized spacial score (nSPS) is 14.0. The maximum Gasteiger partial charge on any atom is 0.249 e. The van der Waals surface area contributed by atoms with Gasteiger partial charge in [0.1, 0.15) is 12.4 Å². The Morgan fingerprint density at radius 3 is 2.24 bits per heavy atom. The summed E-state index contributed by atoms with van der Waals surface area (Å²) in [5.41, 5.74) is 6.81. The number of nitrogens with zero attached hydrogens (tertiary/aromatic N) is 3. The van der Waals surface area contributed by atoms with Gasteiger partial charge in [-0.25, -0.2) is 4.98 Å². The molecule has 9 heteroatoms. The predicted molar refractivity (Wildman–Crippen MR) is 188 cm³/mol. The van der Waals surface area contributed by atoms with E-state index in [0.717, 1.165) is 47.5 Å². The van der Waals surface area contributed by atoms with E-state index in [1.807, 2.05) is 62.1 Å². The largest absolute Gasteiger partial charge is 0.487 e. The van der Waals surface area contributed by atoms with Crippen LogP contribution in [0.25, 0.3) is 5.57 Å². The molecule has 0 spiro atoms. The number of piperazine rings is 1. The Kier molecular flexibility index (Phi) is 12.1. The van der Waals surface area contributed by atoms with Crippen LogP contribution in [0.3, 0.4) is 0 Å². The van der Waals surface area contributed by atoms with Gasteiger partial charge in [-0.1, -0.05) is 71.2 Å². The van der Waals surface area contributed by atoms with Crippen LogP contribution in [0.1, 0.15) is 41.7 Å². The lowest BCUT2D eigenvalue weighted by atomic mass is 9.99. The Labute approximate surface area is 286 Å². The fraction of sp³-hybridized carbons (Fsp3) is 0.278. The van der Waals surface area contributed by atoms with E-state index < -0.39 is 0 Å². The smallest absolute Gasteiger partial charge is 0.249 e. The van der Waals surface area contributed by atoms with Gasteiger partial charge in [-0.2, -0.15) is 0 Å². The molecule has 1 aliphatic heterocycles. The molecule has 0 aliphatic carbocycles. The molecule has 0 atom stereocenters. The zero-order chi connectivity index (χ0) is 31.2. The molecule has 0 N–H and O–H groups in total. The molecule has 5 rings (SSSR count). The van der Waals surface area contributed by atoms with Crippen molar-refractivity contribution in [3.05, 3.63) is 122 Å². The van der Waals surface area contributed by atoms with Crippen molar-refractivity contribution in [2.24, 2.45) is 0 Å². The Hall–Kier alpha value is -3.36. The summed E-state index contributed by atoms with van der Waals surface area (Å²) in [5, 5.41) is 1.11. The number of carbonyl (C=O) groups is 1. The standard InChI is InChI=1S/C36H37Cl2N3O3.BrH/c1-24-9-11-28(12-10-24)22-40-15-17-41(18-16-40)36(42)27(4)26(3)30-19-25(2)35(33(38)20-30)44-34-14-13-31(21-39-34)43-23-29-7-5-6-8-32(29)37;/h5-14,19-21H,15-18,22-23H2,1-4H3;1H/b27-26+;. The molecule has 1 aliphatic rings. The lowest BCUT2D eigenvalue weighted by Crippen LogP contribution is -2.48. The molecule has 1 fully saturated rings. The van der Waals surface area contributed by atoms with E-state index in [2.05, 4.69) is 41.1 Å². The van der Waals surface area contributed by atoms with Crippen molar-refractivity contribution in [3.63, 3.8) is 0 Å². The number of amides is 1. The third-order valence-electron chi connectivity index (χ3n) is 8.00. The minimum absolute atomic E-state index is 0. The van der Waals surface area contributed by atoms with E-state index in [1.165, 1.54) is 11.1 Å². The Morgan fingerprint density at radius 2 is 1.60 bits per heavy atom. The molecule has 6 nitrogen and oxygen atoms in total. The second-order valence-corrected chi connectivity index (χ2v) is 12.0. The summed E-state index contributed by atoms with van der Waals surface area (Å²) >= 11 is 12.9. The van der Waals surface area contributed by atoms with Gasteiger partial charge in [-0.3, -0.25) is 9.69 Å². The number of benzene rings is 3. The van der Waals surface area contributed by atoms with Crippen LogP contribution in [0.2, 0.25) is 10.0 Å². The molecule has 3 aromatic carbocycles. The van der Waals surface area contributed by atoms with Gasteiger partial charge >= 0.3 is 0 Å². The second kappa shape index (κ2) is 15.8. The van der Waals surface area contributed by atoms with Gasteiger partial charge in [0.25, 0.3) is 0 Å².